The molecule has 0 aromatic heterocycles. The Morgan fingerprint density at radius 2 is 2.07 bits per heavy atom. The normalized spacial score (nSPS) is 36.9. The van der Waals surface area contributed by atoms with Crippen molar-refractivity contribution in [3.8, 4) is 0 Å². The molecule has 1 fully saturated rings. The van der Waals surface area contributed by atoms with E-state index in [4.69, 9.17) is 4.74 Å². The first-order chi connectivity index (χ1) is 6.88. The maximum atomic E-state index is 11.7. The van der Waals surface area contributed by atoms with Gasteiger partial charge in [-0.2, -0.15) is 0 Å². The first-order valence-corrected chi connectivity index (χ1v) is 5.11. The van der Waals surface area contributed by atoms with E-state index in [1.165, 1.54) is 11.0 Å². The summed E-state index contributed by atoms with van der Waals surface area (Å²) in [6.07, 6.45) is 1.49. The predicted octanol–water partition coefficient (Wildman–Crippen LogP) is 0.867. The Kier molecular flexibility index (Phi) is 2.01. The number of imide groups is 1. The van der Waals surface area contributed by atoms with Crippen LogP contribution >= 0.6 is 0 Å². The highest BCUT2D eigenvalue weighted by Gasteiger charge is 2.57. The summed E-state index contributed by atoms with van der Waals surface area (Å²) >= 11 is 0. The molecule has 0 saturated carbocycles. The molecule has 82 valence electrons. The van der Waals surface area contributed by atoms with Crippen LogP contribution < -0.4 is 0 Å². The lowest BCUT2D eigenvalue weighted by Crippen LogP contribution is -2.47. The molecule has 2 aliphatic heterocycles. The predicted molar refractivity (Wildman–Crippen MR) is 54.0 cm³/mol. The molecule has 2 aliphatic rings. The van der Waals surface area contributed by atoms with Gasteiger partial charge in [-0.1, -0.05) is 0 Å². The molecule has 0 spiro atoms. The quantitative estimate of drug-likeness (QED) is 0.501. The fraction of sp³-hybridized carbons (Fsp3) is 0.636. The van der Waals surface area contributed by atoms with E-state index < -0.39 is 0 Å². The summed E-state index contributed by atoms with van der Waals surface area (Å²) in [6, 6.07) is -0.207. The van der Waals surface area contributed by atoms with Gasteiger partial charge in [0.25, 0.3) is 11.8 Å². The van der Waals surface area contributed by atoms with Crippen LogP contribution in [-0.2, 0) is 14.3 Å². The summed E-state index contributed by atoms with van der Waals surface area (Å²) in [6.45, 7) is 7.39. The number of rotatable bonds is 2. The molecule has 0 N–H and O–H groups in total. The third kappa shape index (κ3) is 1.32. The molecule has 0 radical (unpaired) electrons. The summed E-state index contributed by atoms with van der Waals surface area (Å²) in [5.41, 5.74) is 0.132. The Hall–Kier alpha value is -1.16. The molecule has 0 bridgehead atoms. The second kappa shape index (κ2) is 2.92. The lowest BCUT2D eigenvalue weighted by molar-refractivity contribution is -0.141. The molecule has 0 aromatic carbocycles. The van der Waals surface area contributed by atoms with Gasteiger partial charge in [-0.05, 0) is 27.7 Å². The fourth-order valence-corrected chi connectivity index (χ4v) is 2.01. The minimum Gasteiger partial charge on any atom is -0.364 e. The van der Waals surface area contributed by atoms with Crippen molar-refractivity contribution < 1.29 is 14.3 Å². The van der Waals surface area contributed by atoms with E-state index >= 15 is 0 Å². The molecule has 2 amide bonds. The van der Waals surface area contributed by atoms with E-state index in [2.05, 4.69) is 0 Å². The van der Waals surface area contributed by atoms with E-state index in [0.717, 1.165) is 0 Å². The van der Waals surface area contributed by atoms with E-state index in [1.54, 1.807) is 6.92 Å². The topological polar surface area (TPSA) is 49.9 Å². The minimum absolute atomic E-state index is 0.106. The summed E-state index contributed by atoms with van der Waals surface area (Å²) in [5, 5.41) is 0. The average Bonchev–Trinajstić information content (AvgIpc) is 2.67. The molecule has 0 aliphatic carbocycles. The second-order valence-electron chi connectivity index (χ2n) is 4.46. The van der Waals surface area contributed by atoms with Gasteiger partial charge in [0, 0.05) is 11.6 Å². The molecule has 4 heteroatoms. The van der Waals surface area contributed by atoms with Crippen LogP contribution in [0.1, 0.15) is 27.7 Å². The van der Waals surface area contributed by atoms with Crippen LogP contribution in [0.2, 0.25) is 0 Å². The van der Waals surface area contributed by atoms with Gasteiger partial charge in [-0.25, -0.2) is 0 Å². The van der Waals surface area contributed by atoms with Crippen molar-refractivity contribution in [3.63, 3.8) is 0 Å². The SMILES string of the molecule is CC1=CC(=O)N(C(C)C2(C)OC2C)C1=O. The molecular formula is C11H15NO3. The standard InChI is InChI=1S/C11H15NO3/c1-6-5-9(13)12(10(6)14)7(2)11(4)8(3)15-11/h5,7-8H,1-4H3. The van der Waals surface area contributed by atoms with Crippen LogP contribution in [0.3, 0.4) is 0 Å². The zero-order valence-electron chi connectivity index (χ0n) is 9.40. The smallest absolute Gasteiger partial charge is 0.256 e. The molecule has 15 heavy (non-hydrogen) atoms. The van der Waals surface area contributed by atoms with Gasteiger partial charge in [0.15, 0.2) is 0 Å². The summed E-state index contributed by atoms with van der Waals surface area (Å²) in [5.74, 6) is -0.426. The fourth-order valence-electron chi connectivity index (χ4n) is 2.01. The number of carbonyl (C=O) groups excluding carboxylic acids is 2. The highest BCUT2D eigenvalue weighted by molar-refractivity contribution is 6.16. The maximum absolute atomic E-state index is 11.7. The van der Waals surface area contributed by atoms with E-state index in [-0.39, 0.29) is 29.6 Å². The van der Waals surface area contributed by atoms with Gasteiger partial charge in [0.05, 0.1) is 12.1 Å². The van der Waals surface area contributed by atoms with Crippen LogP contribution in [0, 0.1) is 0 Å². The number of carbonyl (C=O) groups is 2. The average molecular weight is 209 g/mol. The lowest BCUT2D eigenvalue weighted by Gasteiger charge is -2.26. The van der Waals surface area contributed by atoms with Gasteiger partial charge < -0.3 is 4.74 Å². The number of epoxide rings is 1. The first kappa shape index (κ1) is 10.4. The Morgan fingerprint density at radius 3 is 2.40 bits per heavy atom. The minimum atomic E-state index is -0.371. The van der Waals surface area contributed by atoms with Crippen LogP contribution in [-0.4, -0.2) is 34.5 Å². The van der Waals surface area contributed by atoms with E-state index in [9.17, 15) is 9.59 Å². The van der Waals surface area contributed by atoms with Crippen LogP contribution in [0.15, 0.2) is 11.6 Å². The van der Waals surface area contributed by atoms with E-state index in [0.29, 0.717) is 5.57 Å². The molecule has 3 atom stereocenters. The van der Waals surface area contributed by atoms with Crippen molar-refractivity contribution in [3.05, 3.63) is 11.6 Å². The molecule has 2 heterocycles. The van der Waals surface area contributed by atoms with Crippen molar-refractivity contribution in [2.24, 2.45) is 0 Å². The maximum Gasteiger partial charge on any atom is 0.256 e. The highest BCUT2D eigenvalue weighted by Crippen LogP contribution is 2.41. The Morgan fingerprint density at radius 1 is 1.53 bits per heavy atom. The third-order valence-corrected chi connectivity index (χ3v) is 3.53. The Labute approximate surface area is 88.9 Å². The molecular weight excluding hydrogens is 194 g/mol. The Bertz CT molecular complexity index is 374. The zero-order chi connectivity index (χ0) is 11.4. The molecule has 0 aromatic rings. The summed E-state index contributed by atoms with van der Waals surface area (Å²) in [7, 11) is 0. The van der Waals surface area contributed by atoms with Crippen molar-refractivity contribution in [1.29, 1.82) is 0 Å². The highest BCUT2D eigenvalue weighted by atomic mass is 16.6. The van der Waals surface area contributed by atoms with Crippen LogP contribution in [0.25, 0.3) is 0 Å². The molecule has 1 saturated heterocycles. The van der Waals surface area contributed by atoms with Crippen LogP contribution in [0.5, 0.6) is 0 Å². The van der Waals surface area contributed by atoms with Gasteiger partial charge in [0.1, 0.15) is 5.60 Å². The zero-order valence-corrected chi connectivity index (χ0v) is 9.40. The Balaban J connectivity index is 2.20. The monoisotopic (exact) mass is 209 g/mol. The van der Waals surface area contributed by atoms with Crippen LogP contribution in [0.4, 0.5) is 0 Å². The lowest BCUT2D eigenvalue weighted by atomic mass is 9.99. The number of ether oxygens (including phenoxy) is 1. The summed E-state index contributed by atoms with van der Waals surface area (Å²) < 4.78 is 5.44. The van der Waals surface area contributed by atoms with Gasteiger partial charge >= 0.3 is 0 Å². The van der Waals surface area contributed by atoms with Gasteiger partial charge in [0.2, 0.25) is 0 Å². The number of nitrogens with zero attached hydrogens (tertiary/aromatic N) is 1. The van der Waals surface area contributed by atoms with Crippen molar-refractivity contribution in [1.82, 2.24) is 4.90 Å². The van der Waals surface area contributed by atoms with Gasteiger partial charge in [-0.15, -0.1) is 0 Å². The van der Waals surface area contributed by atoms with E-state index in [1.807, 2.05) is 20.8 Å². The van der Waals surface area contributed by atoms with Crippen molar-refractivity contribution in [2.75, 3.05) is 0 Å². The number of hydrogen-bond donors (Lipinski definition) is 0. The molecule has 3 unspecified atom stereocenters. The largest absolute Gasteiger partial charge is 0.364 e. The molecule has 2 rings (SSSR count). The van der Waals surface area contributed by atoms with Crippen molar-refractivity contribution in [2.45, 2.75) is 45.4 Å². The van der Waals surface area contributed by atoms with Crippen molar-refractivity contribution >= 4 is 11.8 Å². The van der Waals surface area contributed by atoms with Gasteiger partial charge in [-0.3, -0.25) is 14.5 Å². The third-order valence-electron chi connectivity index (χ3n) is 3.53. The second-order valence-corrected chi connectivity index (χ2v) is 4.46. The first-order valence-electron chi connectivity index (χ1n) is 5.11. The number of amides is 2. The molecule has 4 nitrogen and oxygen atoms in total. The summed E-state index contributed by atoms with van der Waals surface area (Å²) in [4.78, 5) is 24.6. The number of hydrogen-bond acceptors (Lipinski definition) is 3.